The highest BCUT2D eigenvalue weighted by Gasteiger charge is 2.42. The van der Waals surface area contributed by atoms with Gasteiger partial charge in [-0.25, -0.2) is 0 Å². The van der Waals surface area contributed by atoms with Gasteiger partial charge in [0.25, 0.3) is 0 Å². The highest BCUT2D eigenvalue weighted by atomic mass is 19.4. The van der Waals surface area contributed by atoms with Crippen molar-refractivity contribution >= 4 is 0 Å². The molecule has 0 amide bonds. The van der Waals surface area contributed by atoms with Gasteiger partial charge in [0.05, 0.1) is 12.0 Å². The maximum absolute atomic E-state index is 12.7. The normalized spacial score (nSPS) is 24.4. The quantitative estimate of drug-likeness (QED) is 0.861. The third kappa shape index (κ3) is 2.44. The van der Waals surface area contributed by atoms with Crippen molar-refractivity contribution in [2.45, 2.75) is 25.1 Å². The second-order valence-corrected chi connectivity index (χ2v) is 5.40. The summed E-state index contributed by atoms with van der Waals surface area (Å²) in [4.78, 5) is 2.05. The number of benzene rings is 1. The number of phenolic OH excluding ortho intramolecular Hbond substituents is 1. The predicted octanol–water partition coefficient (Wildman–Crippen LogP) is 3.10. The molecule has 3 rings (SSSR count). The maximum Gasteiger partial charge on any atom is 0.391 e. The maximum atomic E-state index is 12.7. The largest absolute Gasteiger partial charge is 0.508 e. The molecule has 0 aliphatic carbocycles. The van der Waals surface area contributed by atoms with Crippen molar-refractivity contribution < 1.29 is 23.0 Å². The first-order valence-electron chi connectivity index (χ1n) is 6.71. The minimum absolute atomic E-state index is 0.000200. The summed E-state index contributed by atoms with van der Waals surface area (Å²) in [6, 6.07) is 4.93. The third-order valence-corrected chi connectivity index (χ3v) is 4.19. The lowest BCUT2D eigenvalue weighted by Gasteiger charge is -2.36. The Kier molecular flexibility index (Phi) is 3.28. The molecule has 2 aliphatic heterocycles. The molecule has 1 aromatic rings. The first kappa shape index (κ1) is 13.5. The standard InChI is InChI=1S/C14H16F3NO2/c15-14(16,17)9-3-5-18(6-4-9)12-8-20-13-7-10(19)1-2-11(12)13/h1-2,7,9,12,19H,3-6,8H2. The predicted molar refractivity (Wildman–Crippen MR) is 66.7 cm³/mol. The number of likely N-dealkylation sites (tertiary alicyclic amines) is 1. The van der Waals surface area contributed by atoms with Crippen molar-refractivity contribution in [3.8, 4) is 11.5 Å². The smallest absolute Gasteiger partial charge is 0.391 e. The second-order valence-electron chi connectivity index (χ2n) is 5.40. The lowest BCUT2D eigenvalue weighted by molar-refractivity contribution is -0.186. The number of fused-ring (bicyclic) bond motifs is 1. The molecule has 1 saturated heterocycles. The Morgan fingerprint density at radius 3 is 2.55 bits per heavy atom. The van der Waals surface area contributed by atoms with E-state index >= 15 is 0 Å². The van der Waals surface area contributed by atoms with Crippen LogP contribution in [0.2, 0.25) is 0 Å². The lowest BCUT2D eigenvalue weighted by atomic mass is 9.94. The van der Waals surface area contributed by atoms with Crippen LogP contribution in [0.25, 0.3) is 0 Å². The van der Waals surface area contributed by atoms with E-state index in [0.29, 0.717) is 25.4 Å². The molecule has 0 radical (unpaired) electrons. The van der Waals surface area contributed by atoms with Gasteiger partial charge in [0.2, 0.25) is 0 Å². The SMILES string of the molecule is Oc1ccc2c(c1)OCC2N1CCC(C(F)(F)F)CC1. The van der Waals surface area contributed by atoms with Gasteiger partial charge in [-0.1, -0.05) is 0 Å². The minimum atomic E-state index is -4.08. The van der Waals surface area contributed by atoms with E-state index in [2.05, 4.69) is 0 Å². The lowest BCUT2D eigenvalue weighted by Crippen LogP contribution is -2.41. The van der Waals surface area contributed by atoms with Gasteiger partial charge in [0, 0.05) is 11.6 Å². The molecule has 0 bridgehead atoms. The van der Waals surface area contributed by atoms with E-state index < -0.39 is 12.1 Å². The van der Waals surface area contributed by atoms with Crippen molar-refractivity contribution in [2.24, 2.45) is 5.92 Å². The number of nitrogens with zero attached hydrogens (tertiary/aromatic N) is 1. The average molecular weight is 287 g/mol. The molecule has 110 valence electrons. The van der Waals surface area contributed by atoms with Crippen LogP contribution >= 0.6 is 0 Å². The molecule has 20 heavy (non-hydrogen) atoms. The first-order chi connectivity index (χ1) is 9.45. The number of piperidine rings is 1. The van der Waals surface area contributed by atoms with Crippen LogP contribution in [0.1, 0.15) is 24.4 Å². The summed E-state index contributed by atoms with van der Waals surface area (Å²) >= 11 is 0. The molecule has 3 nitrogen and oxygen atoms in total. The zero-order valence-corrected chi connectivity index (χ0v) is 10.9. The van der Waals surface area contributed by atoms with Crippen LogP contribution in [0.3, 0.4) is 0 Å². The van der Waals surface area contributed by atoms with Crippen molar-refractivity contribution in [2.75, 3.05) is 19.7 Å². The van der Waals surface area contributed by atoms with E-state index in [-0.39, 0.29) is 24.6 Å². The number of hydrogen-bond donors (Lipinski definition) is 1. The first-order valence-corrected chi connectivity index (χ1v) is 6.71. The summed E-state index contributed by atoms with van der Waals surface area (Å²) < 4.78 is 43.5. The summed E-state index contributed by atoms with van der Waals surface area (Å²) in [5, 5.41) is 9.40. The van der Waals surface area contributed by atoms with Gasteiger partial charge in [0.1, 0.15) is 18.1 Å². The van der Waals surface area contributed by atoms with Crippen molar-refractivity contribution in [1.29, 1.82) is 0 Å². The van der Waals surface area contributed by atoms with E-state index in [1.54, 1.807) is 18.2 Å². The van der Waals surface area contributed by atoms with Crippen molar-refractivity contribution in [1.82, 2.24) is 4.90 Å². The van der Waals surface area contributed by atoms with Crippen LogP contribution in [-0.4, -0.2) is 35.9 Å². The highest BCUT2D eigenvalue weighted by Crippen LogP contribution is 2.41. The number of hydrogen-bond acceptors (Lipinski definition) is 3. The molecule has 1 unspecified atom stereocenters. The molecule has 1 fully saturated rings. The Bertz CT molecular complexity index is 496. The van der Waals surface area contributed by atoms with Gasteiger partial charge >= 0.3 is 6.18 Å². The van der Waals surface area contributed by atoms with Crippen LogP contribution in [0.4, 0.5) is 13.2 Å². The Labute approximate surface area is 115 Å². The Balaban J connectivity index is 1.69. The summed E-state index contributed by atoms with van der Waals surface area (Å²) in [6.45, 7) is 1.30. The van der Waals surface area contributed by atoms with Crippen LogP contribution in [0.5, 0.6) is 11.5 Å². The Morgan fingerprint density at radius 1 is 1.20 bits per heavy atom. The zero-order chi connectivity index (χ0) is 14.3. The molecular weight excluding hydrogens is 271 g/mol. The van der Waals surface area contributed by atoms with Gasteiger partial charge in [-0.15, -0.1) is 0 Å². The topological polar surface area (TPSA) is 32.7 Å². The summed E-state index contributed by atoms with van der Waals surface area (Å²) in [7, 11) is 0. The molecule has 1 N–H and O–H groups in total. The molecule has 0 saturated carbocycles. The molecule has 2 heterocycles. The molecule has 0 spiro atoms. The van der Waals surface area contributed by atoms with Crippen LogP contribution in [0, 0.1) is 5.92 Å². The fraction of sp³-hybridized carbons (Fsp3) is 0.571. The van der Waals surface area contributed by atoms with Crippen LogP contribution in [-0.2, 0) is 0 Å². The number of aromatic hydroxyl groups is 1. The van der Waals surface area contributed by atoms with Crippen molar-refractivity contribution in [3.63, 3.8) is 0 Å². The van der Waals surface area contributed by atoms with Crippen LogP contribution in [0.15, 0.2) is 18.2 Å². The molecule has 1 atom stereocenters. The number of ether oxygens (including phenoxy) is 1. The number of rotatable bonds is 1. The monoisotopic (exact) mass is 287 g/mol. The minimum Gasteiger partial charge on any atom is -0.508 e. The van der Waals surface area contributed by atoms with E-state index in [9.17, 15) is 18.3 Å². The molecule has 6 heteroatoms. The third-order valence-electron chi connectivity index (χ3n) is 4.19. The zero-order valence-electron chi connectivity index (χ0n) is 10.9. The average Bonchev–Trinajstić information content (AvgIpc) is 2.80. The molecule has 1 aromatic carbocycles. The van der Waals surface area contributed by atoms with Gasteiger partial charge < -0.3 is 9.84 Å². The van der Waals surface area contributed by atoms with Gasteiger partial charge in [-0.2, -0.15) is 13.2 Å². The Morgan fingerprint density at radius 2 is 1.90 bits per heavy atom. The van der Waals surface area contributed by atoms with Crippen LogP contribution < -0.4 is 4.74 Å². The van der Waals surface area contributed by atoms with E-state index in [0.717, 1.165) is 5.56 Å². The fourth-order valence-electron chi connectivity index (χ4n) is 3.02. The summed E-state index contributed by atoms with van der Waals surface area (Å²) in [6.07, 6.45) is -3.79. The van der Waals surface area contributed by atoms with Gasteiger partial charge in [-0.3, -0.25) is 4.90 Å². The second kappa shape index (κ2) is 4.84. The van der Waals surface area contributed by atoms with E-state index in [4.69, 9.17) is 4.74 Å². The van der Waals surface area contributed by atoms with Crippen molar-refractivity contribution in [3.05, 3.63) is 23.8 Å². The van der Waals surface area contributed by atoms with Gasteiger partial charge in [0.15, 0.2) is 0 Å². The highest BCUT2D eigenvalue weighted by molar-refractivity contribution is 5.44. The van der Waals surface area contributed by atoms with E-state index in [1.807, 2.05) is 4.90 Å². The molecule has 0 aromatic heterocycles. The fourth-order valence-corrected chi connectivity index (χ4v) is 3.02. The Hall–Kier alpha value is -1.43. The summed E-state index contributed by atoms with van der Waals surface area (Å²) in [5.41, 5.74) is 0.952. The number of phenols is 1. The molecule has 2 aliphatic rings. The summed E-state index contributed by atoms with van der Waals surface area (Å²) in [5.74, 6) is -0.409. The van der Waals surface area contributed by atoms with Gasteiger partial charge in [-0.05, 0) is 38.1 Å². The van der Waals surface area contributed by atoms with E-state index in [1.165, 1.54) is 0 Å². The number of halogens is 3. The molecular formula is C14H16F3NO2. The number of alkyl halides is 3.